The number of carbonyl (C=O) groups is 2. The van der Waals surface area contributed by atoms with Gasteiger partial charge in [-0.3, -0.25) is 4.79 Å². The predicted molar refractivity (Wildman–Crippen MR) is 53.1 cm³/mol. The van der Waals surface area contributed by atoms with Gasteiger partial charge in [-0.05, 0) is 18.4 Å². The van der Waals surface area contributed by atoms with Crippen molar-refractivity contribution in [2.75, 3.05) is 6.54 Å². The van der Waals surface area contributed by atoms with Crippen LogP contribution in [-0.4, -0.2) is 29.6 Å². The van der Waals surface area contributed by atoms with Crippen LogP contribution in [0.25, 0.3) is 10.4 Å². The highest BCUT2D eigenvalue weighted by molar-refractivity contribution is 5.81. The first-order valence-corrected chi connectivity index (χ1v) is 4.58. The highest BCUT2D eigenvalue weighted by Gasteiger charge is 2.16. The van der Waals surface area contributed by atoms with Crippen molar-refractivity contribution >= 4 is 11.9 Å². The number of azide groups is 1. The molecule has 0 fully saturated rings. The second kappa shape index (κ2) is 7.64. The van der Waals surface area contributed by atoms with Crippen molar-refractivity contribution in [3.8, 4) is 0 Å². The Labute approximate surface area is 87.1 Å². The molecule has 1 unspecified atom stereocenters. The summed E-state index contributed by atoms with van der Waals surface area (Å²) in [7, 11) is 0. The van der Waals surface area contributed by atoms with Crippen molar-refractivity contribution < 1.29 is 14.7 Å². The molecule has 15 heavy (non-hydrogen) atoms. The van der Waals surface area contributed by atoms with Crippen LogP contribution in [0, 0.1) is 0 Å². The van der Waals surface area contributed by atoms with E-state index in [1.807, 2.05) is 0 Å². The van der Waals surface area contributed by atoms with E-state index in [9.17, 15) is 9.59 Å². The molecule has 0 aromatic heterocycles. The fourth-order valence-electron chi connectivity index (χ4n) is 1.08. The maximum Gasteiger partial charge on any atom is 0.326 e. The third-order valence-electron chi connectivity index (χ3n) is 1.74. The number of nitrogens with zero attached hydrogens (tertiary/aromatic N) is 3. The molecule has 1 atom stereocenters. The number of aliphatic carboxylic acids is 1. The zero-order chi connectivity index (χ0) is 11.7. The molecule has 1 amide bonds. The van der Waals surface area contributed by atoms with Crippen LogP contribution in [0.5, 0.6) is 0 Å². The molecule has 7 heteroatoms. The Balaban J connectivity index is 3.81. The van der Waals surface area contributed by atoms with Crippen LogP contribution in [0.4, 0.5) is 0 Å². The van der Waals surface area contributed by atoms with Crippen LogP contribution in [0.3, 0.4) is 0 Å². The van der Waals surface area contributed by atoms with Crippen LogP contribution >= 0.6 is 0 Å². The molecule has 0 bridgehead atoms. The summed E-state index contributed by atoms with van der Waals surface area (Å²) in [6, 6.07) is -0.853. The summed E-state index contributed by atoms with van der Waals surface area (Å²) in [4.78, 5) is 23.9. The lowest BCUT2D eigenvalue weighted by Crippen LogP contribution is -2.39. The summed E-state index contributed by atoms with van der Waals surface area (Å²) in [5.41, 5.74) is 7.99. The molecular weight excluding hydrogens is 200 g/mol. The Morgan fingerprint density at radius 3 is 2.67 bits per heavy atom. The van der Waals surface area contributed by atoms with Crippen molar-refractivity contribution in [3.63, 3.8) is 0 Å². The molecule has 0 aliphatic heterocycles. The molecule has 0 aromatic rings. The highest BCUT2D eigenvalue weighted by Crippen LogP contribution is 2.02. The quantitative estimate of drug-likeness (QED) is 0.285. The summed E-state index contributed by atoms with van der Waals surface area (Å²) in [6.07, 6.45) is 1.56. The van der Waals surface area contributed by atoms with Gasteiger partial charge in [-0.1, -0.05) is 11.5 Å². The van der Waals surface area contributed by atoms with E-state index in [0.717, 1.165) is 0 Å². The summed E-state index contributed by atoms with van der Waals surface area (Å²) in [5.74, 6) is -1.41. The van der Waals surface area contributed by atoms with E-state index in [1.165, 1.54) is 6.92 Å². The van der Waals surface area contributed by atoms with Crippen molar-refractivity contribution in [2.45, 2.75) is 32.2 Å². The van der Waals surface area contributed by atoms with E-state index >= 15 is 0 Å². The maximum atomic E-state index is 10.7. The average molecular weight is 214 g/mol. The molecule has 0 aliphatic rings. The minimum Gasteiger partial charge on any atom is -0.480 e. The molecule has 0 radical (unpaired) electrons. The van der Waals surface area contributed by atoms with Crippen molar-refractivity contribution in [1.82, 2.24) is 5.32 Å². The summed E-state index contributed by atoms with van der Waals surface area (Å²) >= 11 is 0. The van der Waals surface area contributed by atoms with Gasteiger partial charge in [-0.2, -0.15) is 0 Å². The van der Waals surface area contributed by atoms with Crippen LogP contribution in [0.2, 0.25) is 0 Å². The normalized spacial score (nSPS) is 11.3. The molecular formula is C8H14N4O3. The summed E-state index contributed by atoms with van der Waals surface area (Å²) < 4.78 is 0. The number of carboxylic acids is 1. The number of carbonyl (C=O) groups excluding carboxylic acids is 1. The number of rotatable bonds is 7. The molecule has 0 aromatic carbocycles. The van der Waals surface area contributed by atoms with Gasteiger partial charge in [0.05, 0.1) is 0 Å². The Hall–Kier alpha value is -1.75. The predicted octanol–water partition coefficient (Wildman–Crippen LogP) is 1.06. The van der Waals surface area contributed by atoms with Crippen molar-refractivity contribution in [1.29, 1.82) is 0 Å². The number of amides is 1. The summed E-state index contributed by atoms with van der Waals surface area (Å²) in [5, 5.41) is 14.4. The van der Waals surface area contributed by atoms with Crippen molar-refractivity contribution in [2.24, 2.45) is 5.11 Å². The zero-order valence-corrected chi connectivity index (χ0v) is 8.51. The molecule has 84 valence electrons. The Morgan fingerprint density at radius 1 is 1.53 bits per heavy atom. The van der Waals surface area contributed by atoms with E-state index in [4.69, 9.17) is 10.6 Å². The second-order valence-electron chi connectivity index (χ2n) is 3.04. The number of unbranched alkanes of at least 4 members (excludes halogenated alkanes) is 1. The maximum absolute atomic E-state index is 10.7. The minimum absolute atomic E-state index is 0.343. The van der Waals surface area contributed by atoms with E-state index in [1.54, 1.807) is 0 Å². The molecule has 0 saturated heterocycles. The largest absolute Gasteiger partial charge is 0.480 e. The van der Waals surface area contributed by atoms with Gasteiger partial charge in [0.25, 0.3) is 0 Å². The van der Waals surface area contributed by atoms with Crippen molar-refractivity contribution in [3.05, 3.63) is 10.4 Å². The van der Waals surface area contributed by atoms with Gasteiger partial charge in [0.2, 0.25) is 5.91 Å². The first-order chi connectivity index (χ1) is 7.07. The first-order valence-electron chi connectivity index (χ1n) is 4.58. The Kier molecular flexibility index (Phi) is 6.74. The molecule has 0 saturated carbocycles. The standard InChI is InChI=1S/C8H14N4O3/c1-6(13)11-7(8(14)15)4-2-3-5-10-12-9/h7H,2-5H2,1H3,(H,11,13)(H,14,15). The van der Waals surface area contributed by atoms with Gasteiger partial charge in [0.15, 0.2) is 0 Å². The number of carboxylic acid groups (broad SMARTS) is 1. The SMILES string of the molecule is CC(=O)NC(CCCCN=[N+]=[N-])C(=O)O. The molecule has 0 rings (SSSR count). The lowest BCUT2D eigenvalue weighted by molar-refractivity contribution is -0.141. The monoisotopic (exact) mass is 214 g/mol. The van der Waals surface area contributed by atoms with E-state index in [2.05, 4.69) is 15.3 Å². The Morgan fingerprint density at radius 2 is 2.20 bits per heavy atom. The third-order valence-corrected chi connectivity index (χ3v) is 1.74. The fraction of sp³-hybridized carbons (Fsp3) is 0.750. The highest BCUT2D eigenvalue weighted by atomic mass is 16.4. The molecule has 0 aliphatic carbocycles. The Bertz CT molecular complexity index is 273. The molecule has 0 heterocycles. The van der Waals surface area contributed by atoms with Gasteiger partial charge in [0, 0.05) is 18.4 Å². The van der Waals surface area contributed by atoms with Crippen LogP contribution in [0.15, 0.2) is 5.11 Å². The molecule has 0 spiro atoms. The smallest absolute Gasteiger partial charge is 0.326 e. The fourth-order valence-corrected chi connectivity index (χ4v) is 1.08. The van der Waals surface area contributed by atoms with Gasteiger partial charge in [-0.15, -0.1) is 0 Å². The van der Waals surface area contributed by atoms with Crippen LogP contribution < -0.4 is 5.32 Å². The third kappa shape index (κ3) is 7.33. The minimum atomic E-state index is -1.05. The van der Waals surface area contributed by atoms with E-state index in [0.29, 0.717) is 25.8 Å². The van der Waals surface area contributed by atoms with E-state index in [-0.39, 0.29) is 5.91 Å². The van der Waals surface area contributed by atoms with Gasteiger partial charge in [0.1, 0.15) is 6.04 Å². The zero-order valence-electron chi connectivity index (χ0n) is 8.51. The average Bonchev–Trinajstić information content (AvgIpc) is 2.15. The number of hydrogen-bond acceptors (Lipinski definition) is 3. The number of nitrogens with one attached hydrogen (secondary N) is 1. The lowest BCUT2D eigenvalue weighted by atomic mass is 10.1. The molecule has 7 nitrogen and oxygen atoms in total. The van der Waals surface area contributed by atoms with Crippen LogP contribution in [0.1, 0.15) is 26.2 Å². The van der Waals surface area contributed by atoms with E-state index < -0.39 is 12.0 Å². The van der Waals surface area contributed by atoms with Gasteiger partial charge in [-0.25, -0.2) is 4.79 Å². The second-order valence-corrected chi connectivity index (χ2v) is 3.04. The number of hydrogen-bond donors (Lipinski definition) is 2. The van der Waals surface area contributed by atoms with Gasteiger partial charge < -0.3 is 10.4 Å². The lowest BCUT2D eigenvalue weighted by Gasteiger charge is -2.12. The van der Waals surface area contributed by atoms with Crippen LogP contribution in [-0.2, 0) is 9.59 Å². The molecule has 2 N–H and O–H groups in total. The summed E-state index contributed by atoms with van der Waals surface area (Å²) in [6.45, 7) is 1.62. The first kappa shape index (κ1) is 13.2. The van der Waals surface area contributed by atoms with Gasteiger partial charge >= 0.3 is 5.97 Å². The topological polar surface area (TPSA) is 115 Å².